The molecule has 9 nitrogen and oxygen atoms in total. The lowest BCUT2D eigenvalue weighted by atomic mass is 9.93. The molecule has 4 rings (SSSR count). The minimum absolute atomic E-state index is 0.0599. The number of phenolic OH excluding ortho intramolecular Hbond substituents is 2. The number of aryl methyl sites for hydroxylation is 4. The quantitative estimate of drug-likeness (QED) is 0.0825. The summed E-state index contributed by atoms with van der Waals surface area (Å²) in [6, 6.07) is 19.3. The first-order chi connectivity index (χ1) is 25.6. The summed E-state index contributed by atoms with van der Waals surface area (Å²) in [6.07, 6.45) is 6.67. The van der Waals surface area contributed by atoms with Crippen molar-refractivity contribution in [2.24, 2.45) is 0 Å². The normalized spacial score (nSPS) is 10.7. The fourth-order valence-corrected chi connectivity index (χ4v) is 6.14. The Hall–Kier alpha value is -5.46. The highest BCUT2D eigenvalue weighted by Gasteiger charge is 2.13. The van der Waals surface area contributed by atoms with E-state index in [4.69, 9.17) is 21.0 Å². The standard InChI is InChI=1S/C23H27NO3.C22H29NO4/c1-6-9-24-23(26)14-27-19-10-16(4)21(17(5)11-19)13-18-7-8-22(25)20(12-18)15(2)3;1-14(2)19-11-17(5-6-21(19)25)12-20-15(3)9-18(10-16(20)4)27-13-22(26)23-7-8-24/h1,7-8,10-12,15,25H,9,13-14H2,2-5H3,(H,24,26);5-6,9-11,14,24-25H,7-8,12-13H2,1-4H3,(H,23,26). The van der Waals surface area contributed by atoms with Gasteiger partial charge in [0.15, 0.2) is 13.2 Å². The number of aliphatic hydroxyl groups excluding tert-OH is 1. The van der Waals surface area contributed by atoms with E-state index in [-0.39, 0.29) is 56.6 Å². The number of phenols is 2. The summed E-state index contributed by atoms with van der Waals surface area (Å²) >= 11 is 0. The Morgan fingerprint density at radius 3 is 1.41 bits per heavy atom. The van der Waals surface area contributed by atoms with E-state index < -0.39 is 0 Å². The second-order valence-corrected chi connectivity index (χ2v) is 14.2. The minimum Gasteiger partial charge on any atom is -0.508 e. The second-order valence-electron chi connectivity index (χ2n) is 14.2. The molecule has 0 saturated heterocycles. The van der Waals surface area contributed by atoms with Crippen LogP contribution in [0.25, 0.3) is 0 Å². The van der Waals surface area contributed by atoms with E-state index in [1.165, 1.54) is 11.1 Å². The zero-order valence-corrected chi connectivity index (χ0v) is 32.9. The Morgan fingerprint density at radius 2 is 1.06 bits per heavy atom. The first kappa shape index (κ1) is 42.9. The Kier molecular flexibility index (Phi) is 16.5. The molecule has 0 aliphatic carbocycles. The van der Waals surface area contributed by atoms with Gasteiger partial charge in [-0.3, -0.25) is 9.59 Å². The molecule has 0 bridgehead atoms. The number of aromatic hydroxyl groups is 2. The number of carbonyl (C=O) groups is 2. The topological polar surface area (TPSA) is 137 Å². The van der Waals surface area contributed by atoms with Gasteiger partial charge in [-0.2, -0.15) is 0 Å². The molecular weight excluding hydrogens is 681 g/mol. The summed E-state index contributed by atoms with van der Waals surface area (Å²) in [5.74, 6) is 4.39. The number of rotatable bonds is 15. The van der Waals surface area contributed by atoms with E-state index in [1.54, 1.807) is 12.1 Å². The van der Waals surface area contributed by atoms with Gasteiger partial charge in [0.05, 0.1) is 13.2 Å². The van der Waals surface area contributed by atoms with E-state index in [0.29, 0.717) is 23.0 Å². The van der Waals surface area contributed by atoms with E-state index in [1.807, 2.05) is 64.1 Å². The molecule has 0 aliphatic rings. The molecule has 5 N–H and O–H groups in total. The molecule has 0 fully saturated rings. The monoisotopic (exact) mass is 736 g/mol. The first-order valence-corrected chi connectivity index (χ1v) is 18.3. The van der Waals surface area contributed by atoms with Crippen molar-refractivity contribution >= 4 is 11.8 Å². The van der Waals surface area contributed by atoms with Crippen LogP contribution in [0, 0.1) is 40.0 Å². The van der Waals surface area contributed by atoms with Gasteiger partial charge in [0.1, 0.15) is 23.0 Å². The average Bonchev–Trinajstić information content (AvgIpc) is 3.12. The predicted molar refractivity (Wildman–Crippen MR) is 215 cm³/mol. The van der Waals surface area contributed by atoms with Gasteiger partial charge in [-0.15, -0.1) is 6.42 Å². The molecular formula is C45H56N2O7. The third kappa shape index (κ3) is 12.9. The predicted octanol–water partition coefficient (Wildman–Crippen LogP) is 7.06. The van der Waals surface area contributed by atoms with Crippen LogP contribution in [0.4, 0.5) is 0 Å². The van der Waals surface area contributed by atoms with Crippen LogP contribution in [0.3, 0.4) is 0 Å². The van der Waals surface area contributed by atoms with Crippen LogP contribution in [-0.2, 0) is 22.4 Å². The van der Waals surface area contributed by atoms with E-state index in [9.17, 15) is 19.8 Å². The maximum absolute atomic E-state index is 11.6. The lowest BCUT2D eigenvalue weighted by Crippen LogP contribution is -2.31. The number of hydrogen-bond donors (Lipinski definition) is 5. The van der Waals surface area contributed by atoms with Gasteiger partial charge in [-0.05, 0) is 144 Å². The Balaban J connectivity index is 0.000000290. The number of benzene rings is 4. The molecule has 0 heterocycles. The third-order valence-corrected chi connectivity index (χ3v) is 9.09. The lowest BCUT2D eigenvalue weighted by molar-refractivity contribution is -0.123. The fraction of sp³-hybridized carbons (Fsp3) is 0.378. The Bertz CT molecular complexity index is 1900. The number of terminal acetylenes is 1. The van der Waals surface area contributed by atoms with Gasteiger partial charge in [0, 0.05) is 6.54 Å². The van der Waals surface area contributed by atoms with E-state index >= 15 is 0 Å². The van der Waals surface area contributed by atoms with Crippen LogP contribution in [-0.4, -0.2) is 60.0 Å². The van der Waals surface area contributed by atoms with Crippen LogP contribution in [0.1, 0.15) is 95.2 Å². The summed E-state index contributed by atoms with van der Waals surface area (Å²) in [7, 11) is 0. The van der Waals surface area contributed by atoms with Gasteiger partial charge < -0.3 is 35.4 Å². The average molecular weight is 737 g/mol. The molecule has 0 aromatic heterocycles. The molecule has 0 radical (unpaired) electrons. The van der Waals surface area contributed by atoms with Gasteiger partial charge in [-0.25, -0.2) is 0 Å². The van der Waals surface area contributed by atoms with Crippen molar-refractivity contribution in [2.45, 2.75) is 80.1 Å². The van der Waals surface area contributed by atoms with Crippen LogP contribution < -0.4 is 20.1 Å². The van der Waals surface area contributed by atoms with Gasteiger partial charge in [0.25, 0.3) is 11.8 Å². The number of hydrogen-bond acceptors (Lipinski definition) is 7. The molecule has 0 aliphatic heterocycles. The number of amides is 2. The number of ether oxygens (including phenoxy) is 2. The summed E-state index contributed by atoms with van der Waals surface area (Å²) in [4.78, 5) is 23.2. The summed E-state index contributed by atoms with van der Waals surface area (Å²) in [5.41, 5.74) is 11.1. The third-order valence-electron chi connectivity index (χ3n) is 9.09. The maximum Gasteiger partial charge on any atom is 0.258 e. The molecule has 0 saturated carbocycles. The van der Waals surface area contributed by atoms with Crippen LogP contribution >= 0.6 is 0 Å². The zero-order chi connectivity index (χ0) is 39.9. The van der Waals surface area contributed by atoms with Crippen LogP contribution in [0.15, 0.2) is 60.7 Å². The number of nitrogens with one attached hydrogen (secondary N) is 2. The smallest absolute Gasteiger partial charge is 0.258 e. The molecule has 0 spiro atoms. The van der Waals surface area contributed by atoms with Gasteiger partial charge in [-0.1, -0.05) is 57.9 Å². The highest BCUT2D eigenvalue weighted by atomic mass is 16.5. The van der Waals surface area contributed by atoms with Crippen molar-refractivity contribution in [1.29, 1.82) is 0 Å². The molecule has 288 valence electrons. The van der Waals surface area contributed by atoms with Crippen molar-refractivity contribution in [3.05, 3.63) is 116 Å². The minimum atomic E-state index is -0.256. The summed E-state index contributed by atoms with van der Waals surface area (Å²) < 4.78 is 11.2. The lowest BCUT2D eigenvalue weighted by Gasteiger charge is -2.15. The van der Waals surface area contributed by atoms with Gasteiger partial charge >= 0.3 is 0 Å². The SMILES string of the molecule is C#CCNC(=O)COc1cc(C)c(Cc2ccc(O)c(C(C)C)c2)c(C)c1.Cc1cc(OCC(=O)NCCO)cc(C)c1Cc1ccc(O)c(C(C)C)c1. The van der Waals surface area contributed by atoms with Crippen molar-refractivity contribution in [3.63, 3.8) is 0 Å². The van der Waals surface area contributed by atoms with Crippen molar-refractivity contribution < 1.29 is 34.4 Å². The van der Waals surface area contributed by atoms with Crippen molar-refractivity contribution in [1.82, 2.24) is 10.6 Å². The van der Waals surface area contributed by atoms with Crippen LogP contribution in [0.5, 0.6) is 23.0 Å². The Morgan fingerprint density at radius 1 is 0.667 bits per heavy atom. The molecule has 54 heavy (non-hydrogen) atoms. The second kappa shape index (κ2) is 20.7. The van der Waals surface area contributed by atoms with Gasteiger partial charge in [0.2, 0.25) is 0 Å². The molecule has 0 atom stereocenters. The largest absolute Gasteiger partial charge is 0.508 e. The maximum atomic E-state index is 11.6. The fourth-order valence-electron chi connectivity index (χ4n) is 6.14. The summed E-state index contributed by atoms with van der Waals surface area (Å²) in [6.45, 7) is 16.6. The molecule has 9 heteroatoms. The highest BCUT2D eigenvalue weighted by molar-refractivity contribution is 5.78. The first-order valence-electron chi connectivity index (χ1n) is 18.3. The molecule has 0 unspecified atom stereocenters. The molecule has 4 aromatic carbocycles. The van der Waals surface area contributed by atoms with E-state index in [2.05, 4.69) is 56.4 Å². The van der Waals surface area contributed by atoms with E-state index in [0.717, 1.165) is 57.3 Å². The van der Waals surface area contributed by atoms with Crippen LogP contribution in [0.2, 0.25) is 0 Å². The Labute approximate surface area is 320 Å². The van der Waals surface area contributed by atoms with Crippen molar-refractivity contribution in [2.75, 3.05) is 32.9 Å². The summed E-state index contributed by atoms with van der Waals surface area (Å²) in [5, 5.41) is 33.9. The number of aliphatic hydroxyl groups is 1. The molecule has 4 aromatic rings. The number of carbonyl (C=O) groups excluding carboxylic acids is 2. The highest BCUT2D eigenvalue weighted by Crippen LogP contribution is 2.31. The molecule has 2 amide bonds. The van der Waals surface area contributed by atoms with Crippen molar-refractivity contribution in [3.8, 4) is 35.3 Å². The zero-order valence-electron chi connectivity index (χ0n) is 32.9.